The molecular weight excluding hydrogens is 202 g/mol. The number of aromatic amines is 1. The lowest BCUT2D eigenvalue weighted by Crippen LogP contribution is -2.14. The van der Waals surface area contributed by atoms with Gasteiger partial charge in [0.25, 0.3) is 5.56 Å². The number of rotatable bonds is 4. The molecule has 1 heterocycles. The molecule has 2 N–H and O–H groups in total. The van der Waals surface area contributed by atoms with Crippen molar-refractivity contribution in [2.75, 3.05) is 11.9 Å². The Hall–Kier alpha value is -1.32. The highest BCUT2D eigenvalue weighted by Gasteiger charge is 2.12. The molecule has 0 amide bonds. The van der Waals surface area contributed by atoms with Gasteiger partial charge in [-0.2, -0.15) is 0 Å². The van der Waals surface area contributed by atoms with Crippen molar-refractivity contribution in [1.82, 2.24) is 9.97 Å². The molecule has 0 atom stereocenters. The van der Waals surface area contributed by atoms with Gasteiger partial charge in [-0.3, -0.25) is 4.79 Å². The standard InChI is InChI=1S/C12H19N3O/c16-12-8-11(14-9-15-12)13-7-6-10-4-2-1-3-5-10/h8-10H,1-7H2,(H2,13,14,15,16). The van der Waals surface area contributed by atoms with Gasteiger partial charge in [-0.25, -0.2) is 4.98 Å². The van der Waals surface area contributed by atoms with Crippen molar-refractivity contribution in [2.45, 2.75) is 38.5 Å². The normalized spacial score (nSPS) is 17.2. The molecule has 1 saturated carbocycles. The topological polar surface area (TPSA) is 57.8 Å². The third-order valence-corrected chi connectivity index (χ3v) is 3.26. The van der Waals surface area contributed by atoms with Gasteiger partial charge in [0.15, 0.2) is 0 Å². The Morgan fingerprint density at radius 3 is 2.94 bits per heavy atom. The third-order valence-electron chi connectivity index (χ3n) is 3.26. The summed E-state index contributed by atoms with van der Waals surface area (Å²) in [6.45, 7) is 0.918. The number of aromatic nitrogens is 2. The summed E-state index contributed by atoms with van der Waals surface area (Å²) in [6, 6.07) is 1.50. The zero-order valence-electron chi connectivity index (χ0n) is 9.54. The van der Waals surface area contributed by atoms with Crippen LogP contribution in [0, 0.1) is 5.92 Å². The average Bonchev–Trinajstić information content (AvgIpc) is 2.30. The number of H-pyrrole nitrogens is 1. The summed E-state index contributed by atoms with van der Waals surface area (Å²) < 4.78 is 0. The number of anilines is 1. The molecule has 16 heavy (non-hydrogen) atoms. The second kappa shape index (κ2) is 5.68. The second-order valence-electron chi connectivity index (χ2n) is 4.52. The second-order valence-corrected chi connectivity index (χ2v) is 4.52. The molecule has 1 fully saturated rings. The molecule has 1 aliphatic carbocycles. The van der Waals surface area contributed by atoms with Crippen molar-refractivity contribution in [3.05, 3.63) is 22.7 Å². The van der Waals surface area contributed by atoms with Crippen LogP contribution in [0.1, 0.15) is 38.5 Å². The van der Waals surface area contributed by atoms with Gasteiger partial charge < -0.3 is 10.3 Å². The Balaban J connectivity index is 1.73. The maximum Gasteiger partial charge on any atom is 0.252 e. The molecule has 0 saturated heterocycles. The first-order chi connectivity index (χ1) is 7.84. The Kier molecular flexibility index (Phi) is 3.97. The Labute approximate surface area is 95.5 Å². The van der Waals surface area contributed by atoms with Gasteiger partial charge in [0, 0.05) is 12.6 Å². The van der Waals surface area contributed by atoms with E-state index in [9.17, 15) is 4.79 Å². The summed E-state index contributed by atoms with van der Waals surface area (Å²) in [5.74, 6) is 1.54. The van der Waals surface area contributed by atoms with Crippen molar-refractivity contribution in [3.63, 3.8) is 0 Å². The van der Waals surface area contributed by atoms with Crippen LogP contribution in [0.4, 0.5) is 5.82 Å². The lowest BCUT2D eigenvalue weighted by molar-refractivity contribution is 0.345. The molecule has 0 radical (unpaired) electrons. The minimum Gasteiger partial charge on any atom is -0.370 e. The summed E-state index contributed by atoms with van der Waals surface area (Å²) in [5, 5.41) is 3.20. The molecule has 1 aromatic rings. The fourth-order valence-corrected chi connectivity index (χ4v) is 2.35. The van der Waals surface area contributed by atoms with Crippen molar-refractivity contribution in [1.29, 1.82) is 0 Å². The summed E-state index contributed by atoms with van der Waals surface area (Å²) in [7, 11) is 0. The van der Waals surface area contributed by atoms with Gasteiger partial charge in [-0.15, -0.1) is 0 Å². The highest BCUT2D eigenvalue weighted by Crippen LogP contribution is 2.25. The van der Waals surface area contributed by atoms with E-state index < -0.39 is 0 Å². The van der Waals surface area contributed by atoms with E-state index in [0.29, 0.717) is 5.82 Å². The molecule has 0 unspecified atom stereocenters. The maximum absolute atomic E-state index is 11.0. The largest absolute Gasteiger partial charge is 0.370 e. The predicted octanol–water partition coefficient (Wildman–Crippen LogP) is 2.15. The number of nitrogens with one attached hydrogen (secondary N) is 2. The fourth-order valence-electron chi connectivity index (χ4n) is 2.35. The Morgan fingerprint density at radius 2 is 2.19 bits per heavy atom. The molecule has 4 nitrogen and oxygen atoms in total. The molecule has 2 rings (SSSR count). The summed E-state index contributed by atoms with van der Waals surface area (Å²) in [5.41, 5.74) is -0.102. The van der Waals surface area contributed by atoms with Crippen molar-refractivity contribution in [3.8, 4) is 0 Å². The van der Waals surface area contributed by atoms with Crippen LogP contribution >= 0.6 is 0 Å². The van der Waals surface area contributed by atoms with E-state index in [1.54, 1.807) is 0 Å². The van der Waals surface area contributed by atoms with Gasteiger partial charge >= 0.3 is 0 Å². The molecular formula is C12H19N3O. The van der Waals surface area contributed by atoms with Gasteiger partial charge in [0.2, 0.25) is 0 Å². The van der Waals surface area contributed by atoms with Gasteiger partial charge in [-0.05, 0) is 12.3 Å². The first-order valence-electron chi connectivity index (χ1n) is 6.13. The van der Waals surface area contributed by atoms with Crippen LogP contribution < -0.4 is 10.9 Å². The third kappa shape index (κ3) is 3.36. The van der Waals surface area contributed by atoms with E-state index in [1.165, 1.54) is 50.9 Å². The van der Waals surface area contributed by atoms with Crippen molar-refractivity contribution in [2.24, 2.45) is 5.92 Å². The van der Waals surface area contributed by atoms with Crippen molar-refractivity contribution >= 4 is 5.82 Å². The van der Waals surface area contributed by atoms with E-state index in [-0.39, 0.29) is 5.56 Å². The monoisotopic (exact) mass is 221 g/mol. The number of nitrogens with zero attached hydrogens (tertiary/aromatic N) is 1. The van der Waals surface area contributed by atoms with Crippen LogP contribution in [0.5, 0.6) is 0 Å². The zero-order valence-corrected chi connectivity index (χ0v) is 9.54. The summed E-state index contributed by atoms with van der Waals surface area (Å²) >= 11 is 0. The van der Waals surface area contributed by atoms with Gasteiger partial charge in [0.1, 0.15) is 5.82 Å². The van der Waals surface area contributed by atoms with E-state index in [0.717, 1.165) is 12.5 Å². The lowest BCUT2D eigenvalue weighted by Gasteiger charge is -2.21. The minimum absolute atomic E-state index is 0.102. The quantitative estimate of drug-likeness (QED) is 0.819. The van der Waals surface area contributed by atoms with E-state index in [2.05, 4.69) is 15.3 Å². The molecule has 1 aliphatic rings. The SMILES string of the molecule is O=c1cc(NCCC2CCCCC2)nc[nH]1. The molecule has 88 valence electrons. The maximum atomic E-state index is 11.0. The lowest BCUT2D eigenvalue weighted by atomic mass is 9.87. The molecule has 0 aliphatic heterocycles. The summed E-state index contributed by atoms with van der Waals surface area (Å²) in [4.78, 5) is 17.6. The first-order valence-corrected chi connectivity index (χ1v) is 6.13. The molecule has 4 heteroatoms. The summed E-state index contributed by atoms with van der Waals surface area (Å²) in [6.07, 6.45) is 9.52. The smallest absolute Gasteiger partial charge is 0.252 e. The number of hydrogen-bond acceptors (Lipinski definition) is 3. The molecule has 1 aromatic heterocycles. The first kappa shape index (κ1) is 11.2. The highest BCUT2D eigenvalue weighted by atomic mass is 16.1. The van der Waals surface area contributed by atoms with Crippen molar-refractivity contribution < 1.29 is 0 Å². The van der Waals surface area contributed by atoms with E-state index in [1.807, 2.05) is 0 Å². The van der Waals surface area contributed by atoms with Crippen LogP contribution in [0.2, 0.25) is 0 Å². The van der Waals surface area contributed by atoms with Crippen LogP contribution in [-0.4, -0.2) is 16.5 Å². The van der Waals surface area contributed by atoms with Crippen LogP contribution in [0.3, 0.4) is 0 Å². The fraction of sp³-hybridized carbons (Fsp3) is 0.667. The molecule has 0 spiro atoms. The molecule has 0 bridgehead atoms. The average molecular weight is 221 g/mol. The van der Waals surface area contributed by atoms with E-state index in [4.69, 9.17) is 0 Å². The highest BCUT2D eigenvalue weighted by molar-refractivity contribution is 5.31. The van der Waals surface area contributed by atoms with Crippen LogP contribution in [-0.2, 0) is 0 Å². The van der Waals surface area contributed by atoms with Crippen LogP contribution in [0.15, 0.2) is 17.2 Å². The molecule has 0 aromatic carbocycles. The van der Waals surface area contributed by atoms with Gasteiger partial charge in [0.05, 0.1) is 6.33 Å². The Bertz CT molecular complexity index is 369. The minimum atomic E-state index is -0.102. The predicted molar refractivity (Wildman–Crippen MR) is 64.5 cm³/mol. The number of hydrogen-bond donors (Lipinski definition) is 2. The van der Waals surface area contributed by atoms with Crippen LogP contribution in [0.25, 0.3) is 0 Å². The zero-order chi connectivity index (χ0) is 11.2. The Morgan fingerprint density at radius 1 is 1.38 bits per heavy atom. The van der Waals surface area contributed by atoms with Gasteiger partial charge in [-0.1, -0.05) is 32.1 Å². The van der Waals surface area contributed by atoms with E-state index >= 15 is 0 Å².